The van der Waals surface area contributed by atoms with Gasteiger partial charge in [0.1, 0.15) is 0 Å². The van der Waals surface area contributed by atoms with Gasteiger partial charge in [0.25, 0.3) is 0 Å². The number of amides is 1. The SMILES string of the molecule is CN1CC(C(=O)NC(CO)C(F)C(F)(F)F)CC2c3cccc4[nH]cc(c34)CC21. The van der Waals surface area contributed by atoms with E-state index in [0.29, 0.717) is 13.0 Å². The van der Waals surface area contributed by atoms with E-state index in [1.54, 1.807) is 0 Å². The third-order valence-electron chi connectivity index (χ3n) is 6.29. The Morgan fingerprint density at radius 1 is 1.41 bits per heavy atom. The number of aliphatic hydroxyl groups is 1. The van der Waals surface area contributed by atoms with Crippen molar-refractivity contribution < 1.29 is 27.5 Å². The Balaban J connectivity index is 1.55. The molecule has 0 radical (unpaired) electrons. The standard InChI is InChI=1S/C20H23F4N3O2/c1-27-8-11(19(29)26-15(9-28)18(21)20(22,23)24)5-13-12-3-2-4-14-17(12)10(7-25-14)6-16(13)27/h2-4,7,11,13,15-16,18,25,28H,5-6,8-9H2,1H3,(H,26,29). The van der Waals surface area contributed by atoms with Gasteiger partial charge in [0.2, 0.25) is 12.1 Å². The fourth-order valence-electron chi connectivity index (χ4n) is 4.87. The molecule has 9 heteroatoms. The number of nitrogens with one attached hydrogen (secondary N) is 2. The molecule has 1 amide bonds. The summed E-state index contributed by atoms with van der Waals surface area (Å²) in [6.45, 7) is -0.753. The van der Waals surface area contributed by atoms with Crippen LogP contribution in [0.3, 0.4) is 0 Å². The summed E-state index contributed by atoms with van der Waals surface area (Å²) in [4.78, 5) is 18.0. The number of likely N-dealkylation sites (N-methyl/N-ethyl adjacent to an activating group) is 1. The number of nitrogens with zero attached hydrogens (tertiary/aromatic N) is 1. The molecule has 1 aliphatic carbocycles. The maximum atomic E-state index is 13.6. The third-order valence-corrected chi connectivity index (χ3v) is 6.29. The Labute approximate surface area is 165 Å². The molecule has 0 bridgehead atoms. The van der Waals surface area contributed by atoms with Crippen LogP contribution in [0.1, 0.15) is 23.5 Å². The van der Waals surface area contributed by atoms with Crippen molar-refractivity contribution in [3.8, 4) is 0 Å². The zero-order valence-corrected chi connectivity index (χ0v) is 15.8. The Morgan fingerprint density at radius 2 is 2.17 bits per heavy atom. The van der Waals surface area contributed by atoms with Crippen molar-refractivity contribution in [2.75, 3.05) is 20.2 Å². The van der Waals surface area contributed by atoms with Gasteiger partial charge in [-0.15, -0.1) is 0 Å². The van der Waals surface area contributed by atoms with Crippen molar-refractivity contribution >= 4 is 16.8 Å². The second-order valence-corrected chi connectivity index (χ2v) is 8.07. The minimum Gasteiger partial charge on any atom is -0.394 e. The molecule has 1 fully saturated rings. The van der Waals surface area contributed by atoms with E-state index in [1.165, 1.54) is 5.56 Å². The molecule has 1 saturated heterocycles. The van der Waals surface area contributed by atoms with Crippen LogP contribution in [0.2, 0.25) is 0 Å². The Bertz CT molecular complexity index is 913. The van der Waals surface area contributed by atoms with Crippen LogP contribution in [0.4, 0.5) is 17.6 Å². The fourth-order valence-corrected chi connectivity index (χ4v) is 4.87. The quantitative estimate of drug-likeness (QED) is 0.675. The van der Waals surface area contributed by atoms with Crippen LogP contribution >= 0.6 is 0 Å². The van der Waals surface area contributed by atoms with Gasteiger partial charge >= 0.3 is 6.18 Å². The van der Waals surface area contributed by atoms with E-state index in [1.807, 2.05) is 31.4 Å². The molecular formula is C20H23F4N3O2. The van der Waals surface area contributed by atoms with Crippen LogP contribution in [-0.4, -0.2) is 65.5 Å². The minimum absolute atomic E-state index is 0.0490. The lowest BCUT2D eigenvalue weighted by molar-refractivity contribution is -0.191. The Morgan fingerprint density at radius 3 is 2.86 bits per heavy atom. The number of likely N-dealkylation sites (tertiary alicyclic amines) is 1. The van der Waals surface area contributed by atoms with Crippen LogP contribution < -0.4 is 5.32 Å². The number of carbonyl (C=O) groups excluding carboxylic acids is 1. The zero-order valence-electron chi connectivity index (χ0n) is 15.8. The predicted octanol–water partition coefficient (Wildman–Crippen LogP) is 2.51. The molecule has 2 aliphatic rings. The summed E-state index contributed by atoms with van der Waals surface area (Å²) in [5.74, 6) is -1.20. The van der Waals surface area contributed by atoms with E-state index < -0.39 is 36.8 Å². The van der Waals surface area contributed by atoms with Gasteiger partial charge < -0.3 is 20.3 Å². The number of aromatic nitrogens is 1. The molecule has 5 unspecified atom stereocenters. The number of carbonyl (C=O) groups is 1. The number of hydrogen-bond donors (Lipinski definition) is 3. The normalized spacial score (nSPS) is 26.8. The van der Waals surface area contributed by atoms with Crippen LogP contribution in [0.25, 0.3) is 10.9 Å². The molecule has 2 aromatic rings. The fraction of sp³-hybridized carbons (Fsp3) is 0.550. The number of alkyl halides is 4. The highest BCUT2D eigenvalue weighted by Crippen LogP contribution is 2.44. The van der Waals surface area contributed by atoms with Gasteiger partial charge in [0, 0.05) is 35.6 Å². The van der Waals surface area contributed by atoms with Gasteiger partial charge in [-0.3, -0.25) is 4.79 Å². The smallest absolute Gasteiger partial charge is 0.394 e. The minimum atomic E-state index is -5.14. The molecule has 0 saturated carbocycles. The van der Waals surface area contributed by atoms with E-state index in [2.05, 4.69) is 15.2 Å². The van der Waals surface area contributed by atoms with Gasteiger partial charge in [0.15, 0.2) is 0 Å². The topological polar surface area (TPSA) is 68.4 Å². The Hall–Kier alpha value is -2.13. The summed E-state index contributed by atoms with van der Waals surface area (Å²) in [6.07, 6.45) is -5.16. The second-order valence-electron chi connectivity index (χ2n) is 8.07. The second kappa shape index (κ2) is 7.28. The lowest BCUT2D eigenvalue weighted by atomic mass is 9.72. The average molecular weight is 413 g/mol. The first-order chi connectivity index (χ1) is 13.7. The van der Waals surface area contributed by atoms with Crippen LogP contribution in [-0.2, 0) is 11.2 Å². The summed E-state index contributed by atoms with van der Waals surface area (Å²) < 4.78 is 51.6. The summed E-state index contributed by atoms with van der Waals surface area (Å²) in [6, 6.07) is 4.15. The van der Waals surface area contributed by atoms with E-state index in [0.717, 1.165) is 22.9 Å². The first kappa shape index (κ1) is 20.2. The largest absolute Gasteiger partial charge is 0.421 e. The van der Waals surface area contributed by atoms with Crippen LogP contribution in [0.15, 0.2) is 24.4 Å². The zero-order chi connectivity index (χ0) is 20.9. The number of aromatic amines is 1. The lowest BCUT2D eigenvalue weighted by Crippen LogP contribution is -2.55. The first-order valence-corrected chi connectivity index (χ1v) is 9.61. The van der Waals surface area contributed by atoms with Gasteiger partial charge in [-0.2, -0.15) is 13.2 Å². The van der Waals surface area contributed by atoms with Crippen molar-refractivity contribution in [3.05, 3.63) is 35.5 Å². The van der Waals surface area contributed by atoms with Crippen molar-refractivity contribution in [1.82, 2.24) is 15.2 Å². The molecule has 29 heavy (non-hydrogen) atoms. The van der Waals surface area contributed by atoms with E-state index in [9.17, 15) is 22.4 Å². The first-order valence-electron chi connectivity index (χ1n) is 9.61. The van der Waals surface area contributed by atoms with Crippen LogP contribution in [0.5, 0.6) is 0 Å². The number of halogens is 4. The number of aliphatic hydroxyl groups excluding tert-OH is 1. The molecule has 1 aromatic heterocycles. The predicted molar refractivity (Wildman–Crippen MR) is 99.2 cm³/mol. The molecule has 1 aromatic carbocycles. The summed E-state index contributed by atoms with van der Waals surface area (Å²) >= 11 is 0. The molecule has 3 N–H and O–H groups in total. The highest BCUT2D eigenvalue weighted by atomic mass is 19.4. The van der Waals surface area contributed by atoms with Gasteiger partial charge in [-0.05, 0) is 37.1 Å². The van der Waals surface area contributed by atoms with Crippen molar-refractivity contribution in [2.45, 2.75) is 43.2 Å². The Kier molecular flexibility index (Phi) is 5.06. The summed E-state index contributed by atoms with van der Waals surface area (Å²) in [7, 11) is 1.89. The number of H-pyrrole nitrogens is 1. The summed E-state index contributed by atoms with van der Waals surface area (Å²) in [5, 5.41) is 12.4. The molecule has 158 valence electrons. The average Bonchev–Trinajstić information content (AvgIpc) is 3.09. The van der Waals surface area contributed by atoms with Gasteiger partial charge in [0.05, 0.1) is 18.6 Å². The van der Waals surface area contributed by atoms with Gasteiger partial charge in [-0.25, -0.2) is 4.39 Å². The molecule has 4 rings (SSSR count). The summed E-state index contributed by atoms with van der Waals surface area (Å²) in [5.41, 5.74) is 3.37. The van der Waals surface area contributed by atoms with E-state index >= 15 is 0 Å². The molecular weight excluding hydrogens is 390 g/mol. The van der Waals surface area contributed by atoms with Crippen molar-refractivity contribution in [3.63, 3.8) is 0 Å². The molecule has 2 heterocycles. The maximum absolute atomic E-state index is 13.6. The van der Waals surface area contributed by atoms with Crippen molar-refractivity contribution in [1.29, 1.82) is 0 Å². The number of hydrogen-bond acceptors (Lipinski definition) is 3. The highest BCUT2D eigenvalue weighted by Gasteiger charge is 2.47. The molecule has 5 atom stereocenters. The lowest BCUT2D eigenvalue weighted by Gasteiger charge is -2.45. The van der Waals surface area contributed by atoms with Crippen LogP contribution in [0, 0.1) is 5.92 Å². The number of fused-ring (bicyclic) bond motifs is 2. The van der Waals surface area contributed by atoms with E-state index in [-0.39, 0.29) is 12.0 Å². The monoisotopic (exact) mass is 413 g/mol. The maximum Gasteiger partial charge on any atom is 0.421 e. The number of rotatable bonds is 4. The number of benzene rings is 1. The molecule has 0 spiro atoms. The van der Waals surface area contributed by atoms with Crippen molar-refractivity contribution in [2.24, 2.45) is 5.92 Å². The highest BCUT2D eigenvalue weighted by molar-refractivity contribution is 5.88. The number of piperidine rings is 1. The molecule has 5 nitrogen and oxygen atoms in total. The van der Waals surface area contributed by atoms with E-state index in [4.69, 9.17) is 5.11 Å². The molecule has 1 aliphatic heterocycles. The van der Waals surface area contributed by atoms with Gasteiger partial charge in [-0.1, -0.05) is 12.1 Å². The third kappa shape index (κ3) is 3.50.